The van der Waals surface area contributed by atoms with E-state index in [0.717, 1.165) is 13.0 Å². The van der Waals surface area contributed by atoms with Gasteiger partial charge in [0.05, 0.1) is 6.42 Å². The minimum atomic E-state index is -0.381. The van der Waals surface area contributed by atoms with Gasteiger partial charge in [-0.25, -0.2) is 0 Å². The molecule has 1 aromatic rings. The third-order valence-electron chi connectivity index (χ3n) is 2.10. The molecule has 1 aromatic heterocycles. The zero-order chi connectivity index (χ0) is 12.7. The summed E-state index contributed by atoms with van der Waals surface area (Å²) >= 11 is 1.71. The van der Waals surface area contributed by atoms with Crippen LogP contribution in [0.5, 0.6) is 0 Å². The van der Waals surface area contributed by atoms with Gasteiger partial charge in [-0.2, -0.15) is 11.3 Å². The van der Waals surface area contributed by atoms with Gasteiger partial charge in [0.15, 0.2) is 0 Å². The van der Waals surface area contributed by atoms with Crippen molar-refractivity contribution in [3.05, 3.63) is 22.4 Å². The molecule has 3 nitrogen and oxygen atoms in total. The summed E-state index contributed by atoms with van der Waals surface area (Å²) in [6.07, 6.45) is 1.44. The molecule has 0 unspecified atom stereocenters. The fourth-order valence-corrected chi connectivity index (χ4v) is 2.08. The molecule has 96 valence electrons. The summed E-state index contributed by atoms with van der Waals surface area (Å²) in [5, 5.41) is 7.47. The number of hydrogen-bond acceptors (Lipinski definition) is 4. The molecule has 0 radical (unpaired) electrons. The molecule has 1 N–H and O–H groups in total. The number of carbonyl (C=O) groups excluding carboxylic acids is 1. The third kappa shape index (κ3) is 7.13. The quantitative estimate of drug-likeness (QED) is 0.627. The summed E-state index contributed by atoms with van der Waals surface area (Å²) in [5.41, 5.74) is 0.966. The topological polar surface area (TPSA) is 38.3 Å². The summed E-state index contributed by atoms with van der Waals surface area (Å²) in [6.45, 7) is 7.23. The summed E-state index contributed by atoms with van der Waals surface area (Å²) in [7, 11) is 0. The standard InChI is InChI=1S/C13H21NO2S/c1-13(2,3)16-12(15)5-8-14-7-4-11-6-9-17-10-11/h6,9-10,14H,4-5,7-8H2,1-3H3. The fraction of sp³-hybridized carbons (Fsp3) is 0.615. The summed E-state index contributed by atoms with van der Waals surface area (Å²) in [5.74, 6) is -0.138. The van der Waals surface area contributed by atoms with E-state index in [-0.39, 0.29) is 11.6 Å². The first kappa shape index (κ1) is 14.2. The molecule has 0 aliphatic rings. The van der Waals surface area contributed by atoms with Crippen molar-refractivity contribution in [3.8, 4) is 0 Å². The molecular weight excluding hydrogens is 234 g/mol. The van der Waals surface area contributed by atoms with Crippen molar-refractivity contribution in [2.24, 2.45) is 0 Å². The number of carbonyl (C=O) groups is 1. The largest absolute Gasteiger partial charge is 0.460 e. The monoisotopic (exact) mass is 255 g/mol. The minimum absolute atomic E-state index is 0.138. The molecule has 17 heavy (non-hydrogen) atoms. The Morgan fingerprint density at radius 3 is 2.76 bits per heavy atom. The number of thiophene rings is 1. The summed E-state index contributed by atoms with van der Waals surface area (Å²) in [4.78, 5) is 11.4. The first-order chi connectivity index (χ1) is 7.97. The predicted octanol–water partition coefficient (Wildman–Crippen LogP) is 2.61. The maximum absolute atomic E-state index is 11.4. The zero-order valence-corrected chi connectivity index (χ0v) is 11.6. The third-order valence-corrected chi connectivity index (χ3v) is 2.83. The van der Waals surface area contributed by atoms with E-state index >= 15 is 0 Å². The van der Waals surface area contributed by atoms with Crippen LogP contribution >= 0.6 is 11.3 Å². The van der Waals surface area contributed by atoms with Gasteiger partial charge in [-0.1, -0.05) is 0 Å². The van der Waals surface area contributed by atoms with Crippen molar-refractivity contribution < 1.29 is 9.53 Å². The molecule has 0 bridgehead atoms. The van der Waals surface area contributed by atoms with Crippen LogP contribution in [-0.2, 0) is 16.0 Å². The maximum atomic E-state index is 11.4. The van der Waals surface area contributed by atoms with Crippen molar-refractivity contribution in [3.63, 3.8) is 0 Å². The minimum Gasteiger partial charge on any atom is -0.460 e. The highest BCUT2D eigenvalue weighted by molar-refractivity contribution is 7.07. The number of hydrogen-bond donors (Lipinski definition) is 1. The Bertz CT molecular complexity index is 328. The van der Waals surface area contributed by atoms with Gasteiger partial charge in [0, 0.05) is 6.54 Å². The molecular formula is C13H21NO2S. The smallest absolute Gasteiger partial charge is 0.307 e. The molecule has 0 aliphatic carbocycles. The Balaban J connectivity index is 2.02. The molecule has 0 aliphatic heterocycles. The average molecular weight is 255 g/mol. The highest BCUT2D eigenvalue weighted by Crippen LogP contribution is 2.08. The molecule has 0 fully saturated rings. The average Bonchev–Trinajstić information content (AvgIpc) is 2.67. The van der Waals surface area contributed by atoms with E-state index in [1.54, 1.807) is 11.3 Å². The van der Waals surface area contributed by atoms with Crippen LogP contribution in [0.3, 0.4) is 0 Å². The van der Waals surface area contributed by atoms with Crippen LogP contribution in [0.1, 0.15) is 32.8 Å². The lowest BCUT2D eigenvalue weighted by Crippen LogP contribution is -2.27. The molecule has 0 amide bonds. The number of nitrogens with one attached hydrogen (secondary N) is 1. The Hall–Kier alpha value is -0.870. The lowest BCUT2D eigenvalue weighted by atomic mass is 10.2. The van der Waals surface area contributed by atoms with Gasteiger partial charge in [0.1, 0.15) is 5.60 Å². The van der Waals surface area contributed by atoms with E-state index in [4.69, 9.17) is 4.74 Å². The van der Waals surface area contributed by atoms with Crippen molar-refractivity contribution in [2.45, 2.75) is 39.2 Å². The van der Waals surface area contributed by atoms with Gasteiger partial charge in [-0.15, -0.1) is 0 Å². The first-order valence-electron chi connectivity index (χ1n) is 5.91. The van der Waals surface area contributed by atoms with Crippen molar-refractivity contribution in [2.75, 3.05) is 13.1 Å². The van der Waals surface area contributed by atoms with E-state index in [2.05, 4.69) is 22.1 Å². The van der Waals surface area contributed by atoms with Crippen LogP contribution < -0.4 is 5.32 Å². The molecule has 4 heteroatoms. The van der Waals surface area contributed by atoms with Crippen LogP contribution in [0.15, 0.2) is 16.8 Å². The Labute approximate surface area is 107 Å². The lowest BCUT2D eigenvalue weighted by Gasteiger charge is -2.19. The Kier molecular flexibility index (Phi) is 5.65. The van der Waals surface area contributed by atoms with Crippen LogP contribution in [0, 0.1) is 0 Å². The van der Waals surface area contributed by atoms with Gasteiger partial charge in [-0.3, -0.25) is 4.79 Å². The maximum Gasteiger partial charge on any atom is 0.307 e. The van der Waals surface area contributed by atoms with E-state index in [0.29, 0.717) is 13.0 Å². The van der Waals surface area contributed by atoms with Crippen molar-refractivity contribution in [1.82, 2.24) is 5.32 Å². The number of esters is 1. The van der Waals surface area contributed by atoms with E-state index in [1.165, 1.54) is 5.56 Å². The first-order valence-corrected chi connectivity index (χ1v) is 6.85. The van der Waals surface area contributed by atoms with Crippen LogP contribution in [0.2, 0.25) is 0 Å². The van der Waals surface area contributed by atoms with E-state index in [9.17, 15) is 4.79 Å². The van der Waals surface area contributed by atoms with Gasteiger partial charge in [0.2, 0.25) is 0 Å². The second kappa shape index (κ2) is 6.77. The van der Waals surface area contributed by atoms with E-state index < -0.39 is 0 Å². The van der Waals surface area contributed by atoms with E-state index in [1.807, 2.05) is 20.8 Å². The molecule has 0 saturated heterocycles. The molecule has 0 saturated carbocycles. The highest BCUT2D eigenvalue weighted by atomic mass is 32.1. The normalized spacial score (nSPS) is 11.5. The second-order valence-electron chi connectivity index (χ2n) is 4.97. The second-order valence-corrected chi connectivity index (χ2v) is 5.75. The molecule has 1 heterocycles. The Morgan fingerprint density at radius 2 is 2.18 bits per heavy atom. The fourth-order valence-electron chi connectivity index (χ4n) is 1.38. The highest BCUT2D eigenvalue weighted by Gasteiger charge is 2.15. The van der Waals surface area contributed by atoms with Gasteiger partial charge in [-0.05, 0) is 56.1 Å². The summed E-state index contributed by atoms with van der Waals surface area (Å²) < 4.78 is 5.21. The Morgan fingerprint density at radius 1 is 1.41 bits per heavy atom. The molecule has 1 rings (SSSR count). The number of rotatable bonds is 6. The van der Waals surface area contributed by atoms with Crippen LogP contribution in [0.25, 0.3) is 0 Å². The SMILES string of the molecule is CC(C)(C)OC(=O)CCNCCc1ccsc1. The van der Waals surface area contributed by atoms with Crippen LogP contribution in [0.4, 0.5) is 0 Å². The van der Waals surface area contributed by atoms with Gasteiger partial charge >= 0.3 is 5.97 Å². The number of ether oxygens (including phenoxy) is 1. The lowest BCUT2D eigenvalue weighted by molar-refractivity contribution is -0.154. The summed E-state index contributed by atoms with van der Waals surface area (Å²) in [6, 6.07) is 2.13. The van der Waals surface area contributed by atoms with Crippen molar-refractivity contribution >= 4 is 17.3 Å². The van der Waals surface area contributed by atoms with Crippen LogP contribution in [-0.4, -0.2) is 24.7 Å². The molecule has 0 aromatic carbocycles. The molecule has 0 atom stereocenters. The van der Waals surface area contributed by atoms with Crippen molar-refractivity contribution in [1.29, 1.82) is 0 Å². The van der Waals surface area contributed by atoms with Gasteiger partial charge in [0.25, 0.3) is 0 Å². The molecule has 0 spiro atoms. The van der Waals surface area contributed by atoms with Gasteiger partial charge < -0.3 is 10.1 Å². The predicted molar refractivity (Wildman–Crippen MR) is 71.4 cm³/mol. The zero-order valence-electron chi connectivity index (χ0n) is 10.8.